The highest BCUT2D eigenvalue weighted by Gasteiger charge is 2.26. The summed E-state index contributed by atoms with van der Waals surface area (Å²) < 4.78 is 21.9. The number of fused-ring (bicyclic) bond motifs is 13. The third-order valence-electron chi connectivity index (χ3n) is 20.7. The molecule has 7 heterocycles. The molecule has 21 aromatic rings. The predicted molar refractivity (Wildman–Crippen MR) is 445 cm³/mol. The smallest absolute Gasteiger partial charge is 0.164 e. The summed E-state index contributed by atoms with van der Waals surface area (Å²) in [4.78, 5) is 62.2. The van der Waals surface area contributed by atoms with E-state index in [1.54, 1.807) is 12.1 Å². The van der Waals surface area contributed by atoms with Crippen LogP contribution in [0.1, 0.15) is 5.56 Å². The number of aromatic nitrogens is 14. The van der Waals surface area contributed by atoms with Gasteiger partial charge in [-0.3, -0.25) is 0 Å². The van der Waals surface area contributed by atoms with Crippen molar-refractivity contribution in [2.24, 2.45) is 0 Å². The molecule has 16 heteroatoms. The average Bonchev–Trinajstić information content (AvgIpc) is 1.56. The highest BCUT2D eigenvalue weighted by Crippen LogP contribution is 2.45. The maximum atomic E-state index is 17.6. The first kappa shape index (κ1) is 65.4. The fraction of sp³-hybridized carbons (Fsp3) is 0. The third kappa shape index (κ3) is 11.8. The molecule has 0 N–H and O–H groups in total. The summed E-state index contributed by atoms with van der Waals surface area (Å²) in [5, 5.41) is 17.8. The molecular formula is C97H56FN15. The monoisotopic (exact) mass is 1450 g/mol. The number of halogens is 1. The molecule has 0 aliphatic heterocycles. The fourth-order valence-electron chi connectivity index (χ4n) is 15.4. The summed E-state index contributed by atoms with van der Waals surface area (Å²) in [6.07, 6.45) is 0. The van der Waals surface area contributed by atoms with Crippen LogP contribution in [-0.2, 0) is 0 Å². The van der Waals surface area contributed by atoms with E-state index < -0.39 is 5.82 Å². The van der Waals surface area contributed by atoms with Crippen LogP contribution in [-0.4, -0.2) is 68.8 Å². The Morgan fingerprint density at radius 2 is 0.496 bits per heavy atom. The molecule has 7 aromatic heterocycles. The molecule has 0 saturated heterocycles. The van der Waals surface area contributed by atoms with E-state index in [9.17, 15) is 5.26 Å². The highest BCUT2D eigenvalue weighted by atomic mass is 19.1. The standard InChI is InChI=1S/C97H56FN15/c98-72-48-69-47-70(49-72)74-56-83(112-80-44-41-66(94-104-86(58-25-9-1-10-26-58)100-87(105-94)59-27-11-2-12-28-59)50-75(80)76-51-67(42-45-81(76)112)95-106-88(60-29-13-3-14-30-60)101-89(107-95)61-31-15-4-16-32-61)71(57-99)53-84(74)113-82-46-43-68(96-108-90(62-33-17-5-18-34-62)102-91(109-96)63-35-19-6-20-36-63)52-77(82)78-54-79(73(69)55-85(78)113)97-110-92(64-37-21-7-22-38-64)103-93(111-97)65-39-23-8-24-40-65/h1-56H. The van der Waals surface area contributed by atoms with Crippen LogP contribution in [0.3, 0.4) is 0 Å². The average molecular weight is 1450 g/mol. The Morgan fingerprint density at radius 3 is 0.823 bits per heavy atom. The number of hydrogen-bond acceptors (Lipinski definition) is 13. The molecule has 0 atom stereocenters. The number of nitriles is 1. The lowest BCUT2D eigenvalue weighted by Crippen LogP contribution is -2.01. The molecule has 0 fully saturated rings. The van der Waals surface area contributed by atoms with Crippen LogP contribution in [0, 0.1) is 17.1 Å². The van der Waals surface area contributed by atoms with Gasteiger partial charge < -0.3 is 8.97 Å². The first-order chi connectivity index (χ1) is 55.8. The van der Waals surface area contributed by atoms with E-state index in [-0.39, 0.29) is 0 Å². The maximum Gasteiger partial charge on any atom is 0.164 e. The Labute approximate surface area is 644 Å². The van der Waals surface area contributed by atoms with Gasteiger partial charge in [0.05, 0.1) is 38.8 Å². The second-order valence-electron chi connectivity index (χ2n) is 27.7. The molecule has 14 aromatic carbocycles. The largest absolute Gasteiger partial charge is 0.309 e. The zero-order valence-electron chi connectivity index (χ0n) is 59.9. The summed E-state index contributed by atoms with van der Waals surface area (Å²) >= 11 is 0. The highest BCUT2D eigenvalue weighted by molar-refractivity contribution is 6.18. The van der Waals surface area contributed by atoms with E-state index in [0.29, 0.717) is 114 Å². The Morgan fingerprint density at radius 1 is 0.221 bits per heavy atom. The molecule has 4 bridgehead atoms. The molecule has 113 heavy (non-hydrogen) atoms. The van der Waals surface area contributed by atoms with Crippen LogP contribution in [0.2, 0.25) is 0 Å². The first-order valence-electron chi connectivity index (χ1n) is 36.9. The molecule has 0 aliphatic carbocycles. The van der Waals surface area contributed by atoms with Crippen LogP contribution < -0.4 is 0 Å². The van der Waals surface area contributed by atoms with Crippen LogP contribution in [0.5, 0.6) is 0 Å². The SMILES string of the molecule is N#Cc1cc2c(cc1-n1c3ccc(-c4nc(-c5ccccc5)nc(-c5ccccc5)n4)cc3c3cc(-c4nc(-c5ccccc5)nc(-c5ccccc5)n4)ccc31)c1cc(F)cc(c1)c1cc3c(cc1-c1nc(-c4ccccc4)nc(-c4ccccc4)n1)c1cc(-c4nc(-c5ccccc5)nc(-c5ccccc5)n4)ccc1n23. The fourth-order valence-corrected chi connectivity index (χ4v) is 15.4. The molecule has 0 saturated carbocycles. The second-order valence-corrected chi connectivity index (χ2v) is 27.7. The van der Waals surface area contributed by atoms with Crippen molar-refractivity contribution in [3.05, 3.63) is 351 Å². The van der Waals surface area contributed by atoms with Gasteiger partial charge in [0.15, 0.2) is 69.9 Å². The maximum absolute atomic E-state index is 17.6. The third-order valence-corrected chi connectivity index (χ3v) is 20.7. The van der Waals surface area contributed by atoms with Crippen LogP contribution in [0.15, 0.2) is 340 Å². The van der Waals surface area contributed by atoms with Crippen LogP contribution in [0.25, 0.3) is 213 Å². The van der Waals surface area contributed by atoms with Gasteiger partial charge in [-0.2, -0.15) is 5.26 Å². The van der Waals surface area contributed by atoms with Gasteiger partial charge in [0, 0.05) is 93.7 Å². The van der Waals surface area contributed by atoms with Crippen molar-refractivity contribution in [1.82, 2.24) is 68.8 Å². The Hall–Kier alpha value is -15.9. The molecule has 0 spiro atoms. The van der Waals surface area contributed by atoms with Gasteiger partial charge in [0.1, 0.15) is 11.9 Å². The lowest BCUT2D eigenvalue weighted by molar-refractivity contribution is 0.631. The van der Waals surface area contributed by atoms with Crippen molar-refractivity contribution in [2.45, 2.75) is 0 Å². The number of hydrogen-bond donors (Lipinski definition) is 0. The summed E-state index contributed by atoms with van der Waals surface area (Å²) in [7, 11) is 0. The number of benzene rings is 14. The van der Waals surface area contributed by atoms with Crippen molar-refractivity contribution >= 4 is 70.7 Å². The van der Waals surface area contributed by atoms with Crippen LogP contribution in [0.4, 0.5) is 4.39 Å². The van der Waals surface area contributed by atoms with E-state index in [1.807, 2.05) is 279 Å². The summed E-state index contributed by atoms with van der Waals surface area (Å²) in [6.45, 7) is 0. The molecule has 0 unspecified atom stereocenters. The second kappa shape index (κ2) is 27.1. The van der Waals surface area contributed by atoms with E-state index >= 15 is 4.39 Å². The molecule has 21 rings (SSSR count). The molecule has 15 nitrogen and oxygen atoms in total. The Kier molecular flexibility index (Phi) is 15.7. The molecule has 526 valence electrons. The topological polar surface area (TPSA) is 188 Å². The first-order valence-corrected chi connectivity index (χ1v) is 36.9. The van der Waals surface area contributed by atoms with Crippen LogP contribution >= 0.6 is 0 Å². The van der Waals surface area contributed by atoms with Gasteiger partial charge in [0.2, 0.25) is 0 Å². The zero-order valence-corrected chi connectivity index (χ0v) is 59.9. The van der Waals surface area contributed by atoms with Gasteiger partial charge in [-0.1, -0.05) is 243 Å². The molecule has 0 radical (unpaired) electrons. The van der Waals surface area contributed by atoms with E-state index in [0.717, 1.165) is 105 Å². The van der Waals surface area contributed by atoms with Crippen molar-refractivity contribution < 1.29 is 4.39 Å². The summed E-state index contributed by atoms with van der Waals surface area (Å²) in [5.41, 5.74) is 14.0. The number of rotatable bonds is 13. The zero-order chi connectivity index (χ0) is 75.0. The summed E-state index contributed by atoms with van der Waals surface area (Å²) in [5.74, 6) is 5.33. The number of nitrogens with zero attached hydrogens (tertiary/aromatic N) is 15. The van der Waals surface area contributed by atoms with Crippen molar-refractivity contribution in [1.29, 1.82) is 5.26 Å². The van der Waals surface area contributed by atoms with E-state index in [4.69, 9.17) is 59.8 Å². The minimum absolute atomic E-state index is 0.337. The van der Waals surface area contributed by atoms with Crippen molar-refractivity contribution in [3.8, 4) is 148 Å². The predicted octanol–water partition coefficient (Wildman–Crippen LogP) is 22.4. The molecular weight excluding hydrogens is 1390 g/mol. The lowest BCUT2D eigenvalue weighted by atomic mass is 9.99. The summed E-state index contributed by atoms with van der Waals surface area (Å²) in [6, 6.07) is 114. The Bertz CT molecular complexity index is 7000. The normalized spacial score (nSPS) is 11.6. The minimum atomic E-state index is -0.473. The van der Waals surface area contributed by atoms with Gasteiger partial charge in [-0.25, -0.2) is 64.2 Å². The minimum Gasteiger partial charge on any atom is -0.309 e. The lowest BCUT2D eigenvalue weighted by Gasteiger charge is -2.13. The van der Waals surface area contributed by atoms with Gasteiger partial charge in [-0.15, -0.1) is 0 Å². The quantitative estimate of drug-likeness (QED) is 0.106. The van der Waals surface area contributed by atoms with E-state index in [2.05, 4.69) is 63.6 Å². The van der Waals surface area contributed by atoms with Crippen molar-refractivity contribution in [3.63, 3.8) is 0 Å². The van der Waals surface area contributed by atoms with Crippen molar-refractivity contribution in [2.75, 3.05) is 0 Å². The van der Waals surface area contributed by atoms with Gasteiger partial charge >= 0.3 is 0 Å². The Balaban J connectivity index is 0.845. The van der Waals surface area contributed by atoms with Gasteiger partial charge in [-0.05, 0) is 113 Å². The molecule has 0 amide bonds. The van der Waals surface area contributed by atoms with Gasteiger partial charge in [0.25, 0.3) is 0 Å². The van der Waals surface area contributed by atoms with E-state index in [1.165, 1.54) is 0 Å². The molecule has 0 aliphatic rings.